The van der Waals surface area contributed by atoms with Gasteiger partial charge in [0.1, 0.15) is 0 Å². The molecule has 1 fully saturated rings. The summed E-state index contributed by atoms with van der Waals surface area (Å²) in [5.41, 5.74) is 3.03. The Morgan fingerprint density at radius 3 is 2.33 bits per heavy atom. The maximum atomic E-state index is 6.03. The summed E-state index contributed by atoms with van der Waals surface area (Å²) in [6.07, 6.45) is 2.58. The molecular weight excluding hydrogens is 242 g/mol. The molecule has 0 atom stereocenters. The highest BCUT2D eigenvalue weighted by Gasteiger charge is 2.29. The van der Waals surface area contributed by atoms with Crippen molar-refractivity contribution in [2.75, 3.05) is 18.0 Å². The predicted molar refractivity (Wildman–Crippen MR) is 80.4 cm³/mol. The summed E-state index contributed by atoms with van der Waals surface area (Å²) in [5, 5.41) is 0. The zero-order valence-corrected chi connectivity index (χ0v) is 12.5. The van der Waals surface area contributed by atoms with Crippen molar-refractivity contribution in [3.05, 3.63) is 29.8 Å². The minimum atomic E-state index is 0.443. The van der Waals surface area contributed by atoms with Gasteiger partial charge in [-0.1, -0.05) is 39.0 Å². The summed E-state index contributed by atoms with van der Waals surface area (Å²) in [7, 11) is 0. The predicted octanol–water partition coefficient (Wildman–Crippen LogP) is 4.69. The third-order valence-corrected chi connectivity index (χ3v) is 4.48. The van der Waals surface area contributed by atoms with Crippen LogP contribution in [0.25, 0.3) is 0 Å². The molecule has 2 rings (SSSR count). The molecular formula is C16H24ClN. The number of anilines is 1. The van der Waals surface area contributed by atoms with Crippen molar-refractivity contribution < 1.29 is 0 Å². The minimum absolute atomic E-state index is 0.443. The van der Waals surface area contributed by atoms with Gasteiger partial charge >= 0.3 is 0 Å². The number of para-hydroxylation sites is 1. The number of halogens is 1. The van der Waals surface area contributed by atoms with Crippen molar-refractivity contribution in [2.24, 2.45) is 11.3 Å². The molecule has 2 heteroatoms. The Labute approximate surface area is 116 Å². The molecule has 0 spiro atoms. The van der Waals surface area contributed by atoms with E-state index in [2.05, 4.69) is 49.9 Å². The van der Waals surface area contributed by atoms with Crippen molar-refractivity contribution in [1.82, 2.24) is 0 Å². The number of piperidine rings is 1. The Bertz CT molecular complexity index is 386. The summed E-state index contributed by atoms with van der Waals surface area (Å²) in [6.45, 7) is 9.41. The van der Waals surface area contributed by atoms with Gasteiger partial charge in [0, 0.05) is 24.7 Å². The zero-order valence-electron chi connectivity index (χ0n) is 11.7. The molecule has 0 aromatic heterocycles. The van der Waals surface area contributed by atoms with Crippen LogP contribution in [0.5, 0.6) is 0 Å². The van der Waals surface area contributed by atoms with Crippen molar-refractivity contribution >= 4 is 17.3 Å². The van der Waals surface area contributed by atoms with Gasteiger partial charge in [0.2, 0.25) is 0 Å². The summed E-state index contributed by atoms with van der Waals surface area (Å²) < 4.78 is 0. The number of benzene rings is 1. The molecule has 0 radical (unpaired) electrons. The minimum Gasteiger partial charge on any atom is -0.371 e. The van der Waals surface area contributed by atoms with Crippen LogP contribution in [0, 0.1) is 11.3 Å². The molecule has 18 heavy (non-hydrogen) atoms. The maximum absolute atomic E-state index is 6.03. The largest absolute Gasteiger partial charge is 0.371 e. The van der Waals surface area contributed by atoms with Crippen LogP contribution in [0.4, 0.5) is 5.69 Å². The lowest BCUT2D eigenvalue weighted by Crippen LogP contribution is -2.38. The smallest absolute Gasteiger partial charge is 0.0494 e. The van der Waals surface area contributed by atoms with E-state index >= 15 is 0 Å². The highest BCUT2D eigenvalue weighted by atomic mass is 35.5. The lowest BCUT2D eigenvalue weighted by atomic mass is 9.75. The van der Waals surface area contributed by atoms with Gasteiger partial charge in [-0.3, -0.25) is 0 Å². The van der Waals surface area contributed by atoms with E-state index in [1.807, 2.05) is 0 Å². The first-order chi connectivity index (χ1) is 8.52. The standard InChI is InChI=1S/C16H24ClN/c1-16(2,3)14-8-10-18(11-9-14)15-7-5-4-6-13(15)12-17/h4-7,14H,8-12H2,1-3H3. The molecule has 0 saturated carbocycles. The van der Waals surface area contributed by atoms with Crippen molar-refractivity contribution in [3.8, 4) is 0 Å². The van der Waals surface area contributed by atoms with Gasteiger partial charge in [-0.25, -0.2) is 0 Å². The third-order valence-electron chi connectivity index (χ3n) is 4.20. The summed E-state index contributed by atoms with van der Waals surface area (Å²) >= 11 is 6.03. The van der Waals surface area contributed by atoms with Crippen LogP contribution in [-0.2, 0) is 5.88 Å². The molecule has 0 amide bonds. The average molecular weight is 266 g/mol. The molecule has 100 valence electrons. The average Bonchev–Trinajstić information content (AvgIpc) is 2.38. The quantitative estimate of drug-likeness (QED) is 0.702. The SMILES string of the molecule is CC(C)(C)C1CCN(c2ccccc2CCl)CC1. The zero-order chi connectivity index (χ0) is 13.2. The number of hydrogen-bond acceptors (Lipinski definition) is 1. The van der Waals surface area contributed by atoms with E-state index in [9.17, 15) is 0 Å². The highest BCUT2D eigenvalue weighted by Crippen LogP contribution is 2.36. The Balaban J connectivity index is 2.06. The van der Waals surface area contributed by atoms with Gasteiger partial charge in [0.25, 0.3) is 0 Å². The van der Waals surface area contributed by atoms with E-state index in [-0.39, 0.29) is 0 Å². The molecule has 0 unspecified atom stereocenters. The second kappa shape index (κ2) is 5.52. The monoisotopic (exact) mass is 265 g/mol. The van der Waals surface area contributed by atoms with Gasteiger partial charge < -0.3 is 4.90 Å². The molecule has 1 aromatic rings. The third kappa shape index (κ3) is 3.00. The van der Waals surface area contributed by atoms with Gasteiger partial charge in [0.15, 0.2) is 0 Å². The van der Waals surface area contributed by atoms with Crippen molar-refractivity contribution in [3.63, 3.8) is 0 Å². The van der Waals surface area contributed by atoms with Crippen LogP contribution in [0.2, 0.25) is 0 Å². The number of hydrogen-bond donors (Lipinski definition) is 0. The second-order valence-electron chi connectivity index (χ2n) is 6.39. The summed E-state index contributed by atoms with van der Waals surface area (Å²) in [5.74, 6) is 1.45. The molecule has 1 aliphatic rings. The normalized spacial score (nSPS) is 18.1. The summed E-state index contributed by atoms with van der Waals surface area (Å²) in [4.78, 5) is 2.50. The van der Waals surface area contributed by atoms with E-state index in [1.54, 1.807) is 0 Å². The first-order valence-electron chi connectivity index (χ1n) is 6.91. The van der Waals surface area contributed by atoms with Gasteiger partial charge in [-0.15, -0.1) is 11.6 Å². The van der Waals surface area contributed by atoms with Gasteiger partial charge in [-0.05, 0) is 35.8 Å². The Kier molecular flexibility index (Phi) is 4.21. The lowest BCUT2D eigenvalue weighted by Gasteiger charge is -2.40. The number of alkyl halides is 1. The Morgan fingerprint density at radius 2 is 1.78 bits per heavy atom. The maximum Gasteiger partial charge on any atom is 0.0494 e. The summed E-state index contributed by atoms with van der Waals surface area (Å²) in [6, 6.07) is 8.53. The molecule has 1 nitrogen and oxygen atoms in total. The fourth-order valence-corrected chi connectivity index (χ4v) is 3.14. The Hall–Kier alpha value is -0.690. The number of nitrogens with zero attached hydrogens (tertiary/aromatic N) is 1. The van der Waals surface area contributed by atoms with E-state index in [1.165, 1.54) is 24.1 Å². The molecule has 0 aliphatic carbocycles. The first-order valence-corrected chi connectivity index (χ1v) is 7.44. The molecule has 0 bridgehead atoms. The van der Waals surface area contributed by atoms with Crippen LogP contribution in [0.3, 0.4) is 0 Å². The topological polar surface area (TPSA) is 3.24 Å². The lowest BCUT2D eigenvalue weighted by molar-refractivity contribution is 0.199. The Morgan fingerprint density at radius 1 is 1.17 bits per heavy atom. The molecule has 1 aliphatic heterocycles. The van der Waals surface area contributed by atoms with Crippen LogP contribution >= 0.6 is 11.6 Å². The highest BCUT2D eigenvalue weighted by molar-refractivity contribution is 6.17. The van der Waals surface area contributed by atoms with Gasteiger partial charge in [0.05, 0.1) is 0 Å². The fraction of sp³-hybridized carbons (Fsp3) is 0.625. The van der Waals surface area contributed by atoms with Crippen LogP contribution < -0.4 is 4.90 Å². The molecule has 1 heterocycles. The fourth-order valence-electron chi connectivity index (χ4n) is 2.92. The van der Waals surface area contributed by atoms with Crippen LogP contribution in [0.15, 0.2) is 24.3 Å². The van der Waals surface area contributed by atoms with E-state index in [4.69, 9.17) is 11.6 Å². The van der Waals surface area contributed by atoms with Gasteiger partial charge in [-0.2, -0.15) is 0 Å². The second-order valence-corrected chi connectivity index (χ2v) is 6.66. The van der Waals surface area contributed by atoms with E-state index in [0.717, 1.165) is 19.0 Å². The van der Waals surface area contributed by atoms with Crippen LogP contribution in [0.1, 0.15) is 39.2 Å². The van der Waals surface area contributed by atoms with Crippen LogP contribution in [-0.4, -0.2) is 13.1 Å². The van der Waals surface area contributed by atoms with Crippen molar-refractivity contribution in [1.29, 1.82) is 0 Å². The molecule has 1 aromatic carbocycles. The van der Waals surface area contributed by atoms with Crippen molar-refractivity contribution in [2.45, 2.75) is 39.5 Å². The van der Waals surface area contributed by atoms with E-state index < -0.39 is 0 Å². The first kappa shape index (κ1) is 13.7. The van der Waals surface area contributed by atoms with E-state index in [0.29, 0.717) is 11.3 Å². The molecule has 1 saturated heterocycles. The molecule has 0 N–H and O–H groups in total. The number of rotatable bonds is 2.